The van der Waals surface area contributed by atoms with Crippen molar-refractivity contribution in [3.05, 3.63) is 108 Å². The van der Waals surface area contributed by atoms with Gasteiger partial charge in [-0.05, 0) is 73.2 Å². The standard InChI is InChI=1S/C28H29F3O/c1-3-19-27(4-2,23-15-17-24(18-16-23)28(29,30)31)20-9-11-22-10-8-14-26(21-22)32-25-12-6-5-7-13-25/h4-8,10,12-18,21H,2-3,9,11,19-20H2,1H3. The summed E-state index contributed by atoms with van der Waals surface area (Å²) in [4.78, 5) is 0. The van der Waals surface area contributed by atoms with Crippen LogP contribution >= 0.6 is 0 Å². The number of benzene rings is 3. The summed E-state index contributed by atoms with van der Waals surface area (Å²) in [6, 6.07) is 23.2. The van der Waals surface area contributed by atoms with Crippen LogP contribution in [0.5, 0.6) is 11.5 Å². The molecule has 0 amide bonds. The largest absolute Gasteiger partial charge is 0.457 e. The van der Waals surface area contributed by atoms with Gasteiger partial charge in [0.15, 0.2) is 0 Å². The number of allylic oxidation sites excluding steroid dienone is 1. The molecule has 0 N–H and O–H groups in total. The molecule has 0 radical (unpaired) electrons. The van der Waals surface area contributed by atoms with Crippen molar-refractivity contribution in [2.75, 3.05) is 0 Å². The maximum atomic E-state index is 13.0. The van der Waals surface area contributed by atoms with Crippen molar-refractivity contribution in [2.45, 2.75) is 50.6 Å². The lowest BCUT2D eigenvalue weighted by atomic mass is 9.73. The van der Waals surface area contributed by atoms with Crippen molar-refractivity contribution >= 4 is 0 Å². The zero-order chi connectivity index (χ0) is 23.0. The van der Waals surface area contributed by atoms with E-state index < -0.39 is 11.7 Å². The average Bonchev–Trinajstić information content (AvgIpc) is 2.79. The normalized spacial score (nSPS) is 13.4. The molecule has 0 aliphatic carbocycles. The third-order valence-corrected chi connectivity index (χ3v) is 5.84. The lowest BCUT2D eigenvalue weighted by Gasteiger charge is -2.31. The van der Waals surface area contributed by atoms with E-state index in [2.05, 4.69) is 19.6 Å². The Morgan fingerprint density at radius 2 is 1.47 bits per heavy atom. The van der Waals surface area contributed by atoms with Crippen molar-refractivity contribution in [3.63, 3.8) is 0 Å². The van der Waals surface area contributed by atoms with Gasteiger partial charge in [0.25, 0.3) is 0 Å². The fourth-order valence-electron chi connectivity index (χ4n) is 4.17. The summed E-state index contributed by atoms with van der Waals surface area (Å²) in [5, 5.41) is 0. The van der Waals surface area contributed by atoms with Gasteiger partial charge in [-0.1, -0.05) is 61.9 Å². The molecule has 1 atom stereocenters. The smallest absolute Gasteiger partial charge is 0.416 e. The molecule has 0 aliphatic rings. The zero-order valence-corrected chi connectivity index (χ0v) is 18.4. The third-order valence-electron chi connectivity index (χ3n) is 5.84. The lowest BCUT2D eigenvalue weighted by Crippen LogP contribution is -2.24. The molecule has 0 aromatic heterocycles. The highest BCUT2D eigenvalue weighted by molar-refractivity contribution is 5.35. The molecular weight excluding hydrogens is 409 g/mol. The van der Waals surface area contributed by atoms with Gasteiger partial charge in [-0.25, -0.2) is 0 Å². The van der Waals surface area contributed by atoms with Crippen LogP contribution in [-0.2, 0) is 18.0 Å². The number of alkyl halides is 3. The number of hydrogen-bond acceptors (Lipinski definition) is 1. The number of hydrogen-bond donors (Lipinski definition) is 0. The maximum Gasteiger partial charge on any atom is 0.416 e. The molecule has 0 fully saturated rings. The van der Waals surface area contributed by atoms with Crippen LogP contribution in [0.3, 0.4) is 0 Å². The van der Waals surface area contributed by atoms with E-state index in [-0.39, 0.29) is 5.41 Å². The molecule has 0 saturated heterocycles. The second kappa shape index (κ2) is 10.5. The summed E-state index contributed by atoms with van der Waals surface area (Å²) in [6.45, 7) is 6.13. The highest BCUT2D eigenvalue weighted by atomic mass is 19.4. The third kappa shape index (κ3) is 6.03. The second-order valence-corrected chi connectivity index (χ2v) is 8.10. The Kier molecular flexibility index (Phi) is 7.79. The van der Waals surface area contributed by atoms with E-state index in [1.165, 1.54) is 17.7 Å². The Hall–Kier alpha value is -3.01. The van der Waals surface area contributed by atoms with Crippen LogP contribution in [0.4, 0.5) is 13.2 Å². The number of halogens is 3. The number of ether oxygens (including phenoxy) is 1. The van der Waals surface area contributed by atoms with E-state index in [0.29, 0.717) is 0 Å². The maximum absolute atomic E-state index is 13.0. The van der Waals surface area contributed by atoms with Crippen molar-refractivity contribution in [1.29, 1.82) is 0 Å². The summed E-state index contributed by atoms with van der Waals surface area (Å²) in [6.07, 6.45) is 1.92. The molecule has 3 aromatic rings. The van der Waals surface area contributed by atoms with Gasteiger partial charge in [-0.3, -0.25) is 0 Å². The zero-order valence-electron chi connectivity index (χ0n) is 18.4. The summed E-state index contributed by atoms with van der Waals surface area (Å²) in [5.74, 6) is 1.58. The van der Waals surface area contributed by atoms with Gasteiger partial charge in [-0.2, -0.15) is 13.2 Å². The van der Waals surface area contributed by atoms with Crippen molar-refractivity contribution in [1.82, 2.24) is 0 Å². The van der Waals surface area contributed by atoms with Gasteiger partial charge >= 0.3 is 6.18 Å². The monoisotopic (exact) mass is 438 g/mol. The molecular formula is C28H29F3O. The van der Waals surface area contributed by atoms with Crippen LogP contribution in [-0.4, -0.2) is 0 Å². The Labute approximate surface area is 188 Å². The molecule has 0 heterocycles. The molecule has 0 bridgehead atoms. The number of aryl methyl sites for hydroxylation is 1. The SMILES string of the molecule is C=CC(CCC)(CCCc1cccc(Oc2ccccc2)c1)c1ccc(C(F)(F)F)cc1. The Morgan fingerprint density at radius 1 is 0.812 bits per heavy atom. The molecule has 1 unspecified atom stereocenters. The first-order valence-corrected chi connectivity index (χ1v) is 11.0. The van der Waals surface area contributed by atoms with Gasteiger partial charge in [0.2, 0.25) is 0 Å². The molecule has 168 valence electrons. The summed E-state index contributed by atoms with van der Waals surface area (Å²) in [7, 11) is 0. The van der Waals surface area contributed by atoms with E-state index in [1.54, 1.807) is 12.1 Å². The predicted octanol–water partition coefficient (Wildman–Crippen LogP) is 8.74. The average molecular weight is 439 g/mol. The molecule has 0 aliphatic heterocycles. The minimum atomic E-state index is -4.33. The van der Waals surface area contributed by atoms with Gasteiger partial charge in [0.1, 0.15) is 11.5 Å². The van der Waals surface area contributed by atoms with Gasteiger partial charge in [-0.15, -0.1) is 6.58 Å². The van der Waals surface area contributed by atoms with Gasteiger partial charge in [0, 0.05) is 5.41 Å². The van der Waals surface area contributed by atoms with E-state index in [0.717, 1.165) is 49.2 Å². The predicted molar refractivity (Wildman–Crippen MR) is 124 cm³/mol. The molecule has 32 heavy (non-hydrogen) atoms. The van der Waals surface area contributed by atoms with E-state index in [9.17, 15) is 13.2 Å². The lowest BCUT2D eigenvalue weighted by molar-refractivity contribution is -0.137. The van der Waals surface area contributed by atoms with Gasteiger partial charge in [0.05, 0.1) is 5.56 Å². The molecule has 0 saturated carbocycles. The minimum Gasteiger partial charge on any atom is -0.457 e. The minimum absolute atomic E-state index is 0.336. The molecule has 3 aromatic carbocycles. The van der Waals surface area contributed by atoms with Crippen LogP contribution in [0.2, 0.25) is 0 Å². The van der Waals surface area contributed by atoms with E-state index in [4.69, 9.17) is 4.74 Å². The van der Waals surface area contributed by atoms with Crippen molar-refractivity contribution in [3.8, 4) is 11.5 Å². The number of rotatable bonds is 10. The molecule has 0 spiro atoms. The highest BCUT2D eigenvalue weighted by Gasteiger charge is 2.32. The van der Waals surface area contributed by atoms with Gasteiger partial charge < -0.3 is 4.74 Å². The topological polar surface area (TPSA) is 9.23 Å². The summed E-state index contributed by atoms with van der Waals surface area (Å²) < 4.78 is 44.9. The second-order valence-electron chi connectivity index (χ2n) is 8.10. The van der Waals surface area contributed by atoms with Crippen LogP contribution in [0, 0.1) is 0 Å². The quantitative estimate of drug-likeness (QED) is 0.288. The first kappa shape index (κ1) is 23.6. The first-order valence-electron chi connectivity index (χ1n) is 11.0. The van der Waals surface area contributed by atoms with E-state index >= 15 is 0 Å². The summed E-state index contributed by atoms with van der Waals surface area (Å²) >= 11 is 0. The molecule has 3 rings (SSSR count). The Balaban J connectivity index is 1.69. The highest BCUT2D eigenvalue weighted by Crippen LogP contribution is 2.38. The number of para-hydroxylation sites is 1. The fourth-order valence-corrected chi connectivity index (χ4v) is 4.17. The van der Waals surface area contributed by atoms with Crippen LogP contribution < -0.4 is 4.74 Å². The van der Waals surface area contributed by atoms with Crippen LogP contribution in [0.25, 0.3) is 0 Å². The Bertz CT molecular complexity index is 993. The Morgan fingerprint density at radius 3 is 2.09 bits per heavy atom. The summed E-state index contributed by atoms with van der Waals surface area (Å²) in [5.41, 5.74) is 1.10. The van der Waals surface area contributed by atoms with Crippen LogP contribution in [0.1, 0.15) is 49.3 Å². The first-order chi connectivity index (χ1) is 15.4. The van der Waals surface area contributed by atoms with Crippen molar-refractivity contribution in [2.24, 2.45) is 0 Å². The fraction of sp³-hybridized carbons (Fsp3) is 0.286. The van der Waals surface area contributed by atoms with Crippen LogP contribution in [0.15, 0.2) is 91.5 Å². The molecule has 4 heteroatoms. The van der Waals surface area contributed by atoms with Crippen molar-refractivity contribution < 1.29 is 17.9 Å². The van der Waals surface area contributed by atoms with E-state index in [1.807, 2.05) is 54.6 Å². The molecule has 1 nitrogen and oxygen atoms in total.